The van der Waals surface area contributed by atoms with Gasteiger partial charge >= 0.3 is 0 Å². The molecule has 0 radical (unpaired) electrons. The minimum atomic E-state index is 0.778. The van der Waals surface area contributed by atoms with Crippen LogP contribution in [0.4, 0.5) is 0 Å². The Kier molecular flexibility index (Phi) is 4.60. The van der Waals surface area contributed by atoms with Gasteiger partial charge in [0.2, 0.25) is 0 Å². The monoisotopic (exact) mass is 235 g/mol. The number of aryl methyl sites for hydroxylation is 2. The fourth-order valence-electron chi connectivity index (χ4n) is 2.79. The maximum Gasteiger partial charge on any atom is 0.108 e. The van der Waals surface area contributed by atoms with Crippen molar-refractivity contribution in [1.29, 1.82) is 0 Å². The zero-order valence-electron chi connectivity index (χ0n) is 11.2. The number of hydrogen-bond donors (Lipinski definition) is 0. The van der Waals surface area contributed by atoms with Crippen molar-refractivity contribution in [3.63, 3.8) is 0 Å². The molecule has 0 aliphatic carbocycles. The van der Waals surface area contributed by atoms with Crippen molar-refractivity contribution in [2.75, 3.05) is 13.6 Å². The van der Waals surface area contributed by atoms with Crippen LogP contribution in [0.5, 0.6) is 0 Å². The van der Waals surface area contributed by atoms with Gasteiger partial charge in [-0.25, -0.2) is 4.98 Å². The first-order valence-corrected chi connectivity index (χ1v) is 7.01. The Morgan fingerprint density at radius 3 is 3.06 bits per heavy atom. The molecule has 1 aliphatic heterocycles. The number of aromatic nitrogens is 2. The molecule has 17 heavy (non-hydrogen) atoms. The van der Waals surface area contributed by atoms with E-state index in [1.54, 1.807) is 0 Å². The predicted molar refractivity (Wildman–Crippen MR) is 71.1 cm³/mol. The Bertz CT molecular complexity index is 332. The van der Waals surface area contributed by atoms with Gasteiger partial charge in [-0.15, -0.1) is 0 Å². The molecule has 0 spiro atoms. The summed E-state index contributed by atoms with van der Waals surface area (Å²) in [4.78, 5) is 6.97. The Hall–Kier alpha value is -0.830. The van der Waals surface area contributed by atoms with E-state index in [0.29, 0.717) is 0 Å². The minimum Gasteiger partial charge on any atom is -0.335 e. The van der Waals surface area contributed by atoms with E-state index in [2.05, 4.69) is 34.6 Å². The van der Waals surface area contributed by atoms with Crippen molar-refractivity contribution in [2.45, 2.75) is 58.0 Å². The fraction of sp³-hybridized carbons (Fsp3) is 0.786. The summed E-state index contributed by atoms with van der Waals surface area (Å²) in [5.41, 5.74) is 0. The molecule has 3 nitrogen and oxygen atoms in total. The molecule has 1 aromatic rings. The second kappa shape index (κ2) is 6.20. The molecule has 1 atom stereocenters. The lowest BCUT2D eigenvalue weighted by molar-refractivity contribution is 0.170. The van der Waals surface area contributed by atoms with Crippen molar-refractivity contribution >= 4 is 0 Å². The topological polar surface area (TPSA) is 21.1 Å². The molecule has 1 aliphatic rings. The van der Waals surface area contributed by atoms with Crippen LogP contribution in [0.25, 0.3) is 0 Å². The van der Waals surface area contributed by atoms with Crippen LogP contribution in [0.15, 0.2) is 12.4 Å². The van der Waals surface area contributed by atoms with Crippen LogP contribution in [0.1, 0.15) is 44.9 Å². The molecule has 1 saturated heterocycles. The Balaban J connectivity index is 1.86. The second-order valence-corrected chi connectivity index (χ2v) is 5.21. The standard InChI is InChI=1S/C14H25N3/c1-3-6-14-15-9-12-17(14)11-8-13-7-4-5-10-16(13)2/h9,12-13H,3-8,10-11H2,1-2H3. The van der Waals surface area contributed by atoms with Crippen molar-refractivity contribution in [1.82, 2.24) is 14.5 Å². The van der Waals surface area contributed by atoms with Crippen LogP contribution < -0.4 is 0 Å². The molecule has 2 heterocycles. The lowest BCUT2D eigenvalue weighted by Crippen LogP contribution is -2.36. The van der Waals surface area contributed by atoms with Crippen molar-refractivity contribution in [3.8, 4) is 0 Å². The molecule has 0 saturated carbocycles. The van der Waals surface area contributed by atoms with Crippen molar-refractivity contribution < 1.29 is 0 Å². The summed E-state index contributed by atoms with van der Waals surface area (Å²) >= 11 is 0. The second-order valence-electron chi connectivity index (χ2n) is 5.21. The summed E-state index contributed by atoms with van der Waals surface area (Å²) in [6.45, 7) is 4.62. The zero-order valence-corrected chi connectivity index (χ0v) is 11.2. The highest BCUT2D eigenvalue weighted by atomic mass is 15.1. The SMILES string of the molecule is CCCc1nccn1CCC1CCCCN1C. The van der Waals surface area contributed by atoms with Crippen LogP contribution >= 0.6 is 0 Å². The Morgan fingerprint density at radius 2 is 2.29 bits per heavy atom. The molecule has 2 rings (SSSR count). The molecule has 0 amide bonds. The molecule has 0 bridgehead atoms. The Labute approximate surface area is 105 Å². The third kappa shape index (κ3) is 3.32. The number of hydrogen-bond acceptors (Lipinski definition) is 2. The summed E-state index contributed by atoms with van der Waals surface area (Å²) in [7, 11) is 2.27. The van der Waals surface area contributed by atoms with E-state index in [1.807, 2.05) is 6.20 Å². The van der Waals surface area contributed by atoms with E-state index in [-0.39, 0.29) is 0 Å². The van der Waals surface area contributed by atoms with Crippen LogP contribution in [0, 0.1) is 0 Å². The highest BCUT2D eigenvalue weighted by Crippen LogP contribution is 2.18. The molecular formula is C14H25N3. The van der Waals surface area contributed by atoms with E-state index in [1.165, 1.54) is 44.5 Å². The van der Waals surface area contributed by atoms with Crippen LogP contribution in [-0.4, -0.2) is 34.1 Å². The van der Waals surface area contributed by atoms with Crippen LogP contribution in [-0.2, 0) is 13.0 Å². The van der Waals surface area contributed by atoms with Crippen molar-refractivity contribution in [2.24, 2.45) is 0 Å². The van der Waals surface area contributed by atoms with Gasteiger partial charge in [-0.3, -0.25) is 0 Å². The summed E-state index contributed by atoms with van der Waals surface area (Å²) in [6, 6.07) is 0.778. The highest BCUT2D eigenvalue weighted by Gasteiger charge is 2.18. The maximum atomic E-state index is 4.44. The van der Waals surface area contributed by atoms with E-state index in [9.17, 15) is 0 Å². The number of nitrogens with zero attached hydrogens (tertiary/aromatic N) is 3. The van der Waals surface area contributed by atoms with Gasteiger partial charge in [-0.2, -0.15) is 0 Å². The third-order valence-electron chi connectivity index (χ3n) is 3.90. The van der Waals surface area contributed by atoms with Gasteiger partial charge in [0.15, 0.2) is 0 Å². The van der Waals surface area contributed by atoms with E-state index >= 15 is 0 Å². The Morgan fingerprint density at radius 1 is 1.41 bits per heavy atom. The molecule has 1 fully saturated rings. The van der Waals surface area contributed by atoms with Gasteiger partial charge in [0.1, 0.15) is 5.82 Å². The molecule has 0 N–H and O–H groups in total. The number of likely N-dealkylation sites (tertiary alicyclic amines) is 1. The van der Waals surface area contributed by atoms with Crippen molar-refractivity contribution in [3.05, 3.63) is 18.2 Å². The predicted octanol–water partition coefficient (Wildman–Crippen LogP) is 2.71. The molecule has 3 heteroatoms. The van der Waals surface area contributed by atoms with E-state index in [4.69, 9.17) is 0 Å². The first-order valence-electron chi connectivity index (χ1n) is 7.01. The zero-order chi connectivity index (χ0) is 12.1. The highest BCUT2D eigenvalue weighted by molar-refractivity contribution is 4.92. The molecule has 1 aromatic heterocycles. The van der Waals surface area contributed by atoms with Gasteiger partial charge in [0.05, 0.1) is 0 Å². The molecule has 96 valence electrons. The third-order valence-corrected chi connectivity index (χ3v) is 3.90. The van der Waals surface area contributed by atoms with E-state index < -0.39 is 0 Å². The number of imidazole rings is 1. The van der Waals surface area contributed by atoms with Gasteiger partial charge in [-0.05, 0) is 39.3 Å². The first kappa shape index (κ1) is 12.6. The van der Waals surface area contributed by atoms with E-state index in [0.717, 1.165) is 19.0 Å². The smallest absolute Gasteiger partial charge is 0.108 e. The normalized spacial score (nSPS) is 21.9. The quantitative estimate of drug-likeness (QED) is 0.782. The van der Waals surface area contributed by atoms with Gasteiger partial charge in [0, 0.05) is 31.4 Å². The average Bonchev–Trinajstić information content (AvgIpc) is 2.76. The number of piperidine rings is 1. The lowest BCUT2D eigenvalue weighted by Gasteiger charge is -2.32. The first-order chi connectivity index (χ1) is 8.31. The number of rotatable bonds is 5. The summed E-state index contributed by atoms with van der Waals surface area (Å²) in [6.07, 6.45) is 11.8. The molecule has 1 unspecified atom stereocenters. The summed E-state index contributed by atoms with van der Waals surface area (Å²) in [5.74, 6) is 1.26. The minimum absolute atomic E-state index is 0.778. The van der Waals surface area contributed by atoms with Crippen LogP contribution in [0.3, 0.4) is 0 Å². The molecule has 0 aromatic carbocycles. The summed E-state index contributed by atoms with van der Waals surface area (Å²) < 4.78 is 2.34. The van der Waals surface area contributed by atoms with Crippen LogP contribution in [0.2, 0.25) is 0 Å². The lowest BCUT2D eigenvalue weighted by atomic mass is 10.0. The maximum absolute atomic E-state index is 4.44. The van der Waals surface area contributed by atoms with Gasteiger partial charge < -0.3 is 9.47 Å². The average molecular weight is 235 g/mol. The largest absolute Gasteiger partial charge is 0.335 e. The fourth-order valence-corrected chi connectivity index (χ4v) is 2.79. The molecular weight excluding hydrogens is 210 g/mol. The summed E-state index contributed by atoms with van der Waals surface area (Å²) in [5, 5.41) is 0. The van der Waals surface area contributed by atoms with Gasteiger partial charge in [0.25, 0.3) is 0 Å². The van der Waals surface area contributed by atoms with Gasteiger partial charge in [-0.1, -0.05) is 13.3 Å².